The van der Waals surface area contributed by atoms with E-state index in [1.165, 1.54) is 11.1 Å². The lowest BCUT2D eigenvalue weighted by atomic mass is 9.84. The zero-order valence-corrected chi connectivity index (χ0v) is 9.49. The molecule has 0 radical (unpaired) electrons. The standard InChI is InChI=1S/C14H15NO/c1-8-9(2)14-11(7-13(8)16)10-5-3-4-6-12(10)15-14/h3-9,15-16H,1-2H3. The van der Waals surface area contributed by atoms with E-state index >= 15 is 0 Å². The Hall–Kier alpha value is -1.70. The molecule has 0 saturated carbocycles. The molecule has 16 heavy (non-hydrogen) atoms. The lowest BCUT2D eigenvalue weighted by Gasteiger charge is -2.23. The summed E-state index contributed by atoms with van der Waals surface area (Å²) in [7, 11) is 0. The van der Waals surface area contributed by atoms with Crippen molar-refractivity contribution in [1.29, 1.82) is 0 Å². The molecule has 2 N–H and O–H groups in total. The van der Waals surface area contributed by atoms with E-state index in [2.05, 4.69) is 31.0 Å². The van der Waals surface area contributed by atoms with Gasteiger partial charge >= 0.3 is 0 Å². The van der Waals surface area contributed by atoms with Crippen molar-refractivity contribution in [2.24, 2.45) is 5.92 Å². The largest absolute Gasteiger partial charge is 0.512 e. The maximum Gasteiger partial charge on any atom is 0.0964 e. The summed E-state index contributed by atoms with van der Waals surface area (Å²) in [6.07, 6.45) is 1.90. The third kappa shape index (κ3) is 1.13. The minimum atomic E-state index is 0.195. The zero-order chi connectivity index (χ0) is 11.3. The van der Waals surface area contributed by atoms with Gasteiger partial charge in [0.2, 0.25) is 0 Å². The van der Waals surface area contributed by atoms with Crippen molar-refractivity contribution in [3.63, 3.8) is 0 Å². The molecule has 0 bridgehead atoms. The van der Waals surface area contributed by atoms with E-state index in [4.69, 9.17) is 0 Å². The fraction of sp³-hybridized carbons (Fsp3) is 0.286. The molecular formula is C14H15NO. The Morgan fingerprint density at radius 3 is 2.69 bits per heavy atom. The minimum Gasteiger partial charge on any atom is -0.512 e. The Morgan fingerprint density at radius 2 is 1.88 bits per heavy atom. The zero-order valence-electron chi connectivity index (χ0n) is 9.49. The van der Waals surface area contributed by atoms with Crippen LogP contribution in [0.3, 0.4) is 0 Å². The summed E-state index contributed by atoms with van der Waals surface area (Å²) in [5, 5.41) is 11.1. The van der Waals surface area contributed by atoms with Gasteiger partial charge in [-0.2, -0.15) is 0 Å². The molecule has 82 valence electrons. The first-order valence-electron chi connectivity index (χ1n) is 5.69. The summed E-state index contributed by atoms with van der Waals surface area (Å²) in [6, 6.07) is 8.24. The molecule has 1 heterocycles. The van der Waals surface area contributed by atoms with E-state index in [0.29, 0.717) is 11.7 Å². The fourth-order valence-electron chi connectivity index (χ4n) is 2.48. The van der Waals surface area contributed by atoms with Crippen molar-refractivity contribution in [1.82, 2.24) is 4.98 Å². The highest BCUT2D eigenvalue weighted by Crippen LogP contribution is 2.39. The fourth-order valence-corrected chi connectivity index (χ4v) is 2.48. The smallest absolute Gasteiger partial charge is 0.0964 e. The van der Waals surface area contributed by atoms with E-state index in [1.54, 1.807) is 0 Å². The molecule has 2 unspecified atom stereocenters. The summed E-state index contributed by atoms with van der Waals surface area (Å²) in [5.74, 6) is 1.03. The maximum absolute atomic E-state index is 9.92. The Labute approximate surface area is 94.6 Å². The molecule has 0 saturated heterocycles. The Balaban J connectivity index is 2.35. The van der Waals surface area contributed by atoms with Crippen LogP contribution in [0.25, 0.3) is 17.0 Å². The number of aliphatic hydroxyl groups is 1. The number of aliphatic hydroxyl groups excluding tert-OH is 1. The van der Waals surface area contributed by atoms with Crippen molar-refractivity contribution in [3.8, 4) is 0 Å². The SMILES string of the molecule is CC1C(O)=Cc2c([nH]c3ccccc23)C1C. The van der Waals surface area contributed by atoms with Crippen LogP contribution < -0.4 is 0 Å². The van der Waals surface area contributed by atoms with Crippen LogP contribution in [0, 0.1) is 5.92 Å². The second-order valence-electron chi connectivity index (χ2n) is 4.64. The molecule has 0 spiro atoms. The van der Waals surface area contributed by atoms with Crippen LogP contribution in [0.5, 0.6) is 0 Å². The average Bonchev–Trinajstić information content (AvgIpc) is 2.65. The number of rotatable bonds is 0. The number of nitrogens with one attached hydrogen (secondary N) is 1. The van der Waals surface area contributed by atoms with Gasteiger partial charge < -0.3 is 10.1 Å². The van der Waals surface area contributed by atoms with Crippen LogP contribution in [-0.4, -0.2) is 10.1 Å². The molecule has 2 nitrogen and oxygen atoms in total. The molecular weight excluding hydrogens is 198 g/mol. The lowest BCUT2D eigenvalue weighted by Crippen LogP contribution is -2.14. The molecule has 0 amide bonds. The second kappa shape index (κ2) is 3.14. The van der Waals surface area contributed by atoms with E-state index in [9.17, 15) is 5.11 Å². The van der Waals surface area contributed by atoms with Crippen molar-refractivity contribution >= 4 is 17.0 Å². The molecule has 2 atom stereocenters. The third-order valence-electron chi connectivity index (χ3n) is 3.74. The number of para-hydroxylation sites is 1. The molecule has 1 aromatic carbocycles. The molecule has 0 aliphatic heterocycles. The molecule has 1 aromatic heterocycles. The van der Waals surface area contributed by atoms with Gasteiger partial charge in [-0.25, -0.2) is 0 Å². The summed E-state index contributed by atoms with van der Waals surface area (Å²) >= 11 is 0. The van der Waals surface area contributed by atoms with Crippen LogP contribution in [-0.2, 0) is 0 Å². The average molecular weight is 213 g/mol. The molecule has 3 rings (SSSR count). The predicted octanol–water partition coefficient (Wildman–Crippen LogP) is 3.82. The van der Waals surface area contributed by atoms with Gasteiger partial charge in [0.25, 0.3) is 0 Å². The van der Waals surface area contributed by atoms with E-state index in [0.717, 1.165) is 11.1 Å². The van der Waals surface area contributed by atoms with Crippen LogP contribution in [0.1, 0.15) is 31.0 Å². The quantitative estimate of drug-likeness (QED) is 0.685. The molecule has 2 heteroatoms. The van der Waals surface area contributed by atoms with Gasteiger partial charge in [0.05, 0.1) is 5.76 Å². The van der Waals surface area contributed by atoms with Gasteiger partial charge in [-0.15, -0.1) is 0 Å². The van der Waals surface area contributed by atoms with Crippen molar-refractivity contribution < 1.29 is 5.11 Å². The summed E-state index contributed by atoms with van der Waals surface area (Å²) in [4.78, 5) is 3.46. The number of aromatic amines is 1. The Morgan fingerprint density at radius 1 is 1.12 bits per heavy atom. The Bertz CT molecular complexity index is 579. The normalized spacial score (nSPS) is 24.2. The number of H-pyrrole nitrogens is 1. The van der Waals surface area contributed by atoms with Crippen LogP contribution in [0.2, 0.25) is 0 Å². The first kappa shape index (κ1) is 9.52. The minimum absolute atomic E-state index is 0.195. The molecule has 1 aliphatic rings. The number of fused-ring (bicyclic) bond motifs is 3. The highest BCUT2D eigenvalue weighted by molar-refractivity contribution is 5.91. The van der Waals surface area contributed by atoms with Crippen LogP contribution in [0.4, 0.5) is 0 Å². The van der Waals surface area contributed by atoms with E-state index in [1.807, 2.05) is 18.2 Å². The van der Waals surface area contributed by atoms with Crippen LogP contribution in [0.15, 0.2) is 30.0 Å². The van der Waals surface area contributed by atoms with E-state index in [-0.39, 0.29) is 5.92 Å². The third-order valence-corrected chi connectivity index (χ3v) is 3.74. The van der Waals surface area contributed by atoms with Gasteiger partial charge in [0, 0.05) is 34.0 Å². The predicted molar refractivity (Wildman–Crippen MR) is 66.5 cm³/mol. The van der Waals surface area contributed by atoms with Crippen LogP contribution >= 0.6 is 0 Å². The summed E-state index contributed by atoms with van der Waals surface area (Å²) in [5.41, 5.74) is 3.54. The lowest BCUT2D eigenvalue weighted by molar-refractivity contribution is 0.319. The van der Waals surface area contributed by atoms with Crippen molar-refractivity contribution in [3.05, 3.63) is 41.3 Å². The number of benzene rings is 1. The van der Waals surface area contributed by atoms with Gasteiger partial charge in [0.15, 0.2) is 0 Å². The van der Waals surface area contributed by atoms with Gasteiger partial charge in [-0.1, -0.05) is 32.0 Å². The highest BCUT2D eigenvalue weighted by atomic mass is 16.3. The monoisotopic (exact) mass is 213 g/mol. The maximum atomic E-state index is 9.92. The van der Waals surface area contributed by atoms with E-state index < -0.39 is 0 Å². The summed E-state index contributed by atoms with van der Waals surface area (Å²) in [6.45, 7) is 4.22. The molecule has 2 aromatic rings. The Kier molecular flexibility index (Phi) is 1.87. The van der Waals surface area contributed by atoms with Crippen molar-refractivity contribution in [2.75, 3.05) is 0 Å². The van der Waals surface area contributed by atoms with Gasteiger partial charge in [0.1, 0.15) is 0 Å². The summed E-state index contributed by atoms with van der Waals surface area (Å²) < 4.78 is 0. The highest BCUT2D eigenvalue weighted by Gasteiger charge is 2.27. The molecule has 0 fully saturated rings. The van der Waals surface area contributed by atoms with Gasteiger partial charge in [-0.05, 0) is 12.1 Å². The number of hydrogen-bond donors (Lipinski definition) is 2. The van der Waals surface area contributed by atoms with Crippen molar-refractivity contribution in [2.45, 2.75) is 19.8 Å². The van der Waals surface area contributed by atoms with Gasteiger partial charge in [-0.3, -0.25) is 0 Å². The topological polar surface area (TPSA) is 36.0 Å². The molecule has 1 aliphatic carbocycles. The number of allylic oxidation sites excluding steroid dienone is 1. The second-order valence-corrected chi connectivity index (χ2v) is 4.64. The number of hydrogen-bond acceptors (Lipinski definition) is 1. The number of aromatic nitrogens is 1. The first-order chi connectivity index (χ1) is 7.68. The first-order valence-corrected chi connectivity index (χ1v) is 5.69.